The maximum Gasteiger partial charge on any atom is 0.161 e. The van der Waals surface area contributed by atoms with Gasteiger partial charge in [-0.3, -0.25) is 0 Å². The highest BCUT2D eigenvalue weighted by Gasteiger charge is 2.30. The quantitative estimate of drug-likeness (QED) is 0.903. The van der Waals surface area contributed by atoms with Gasteiger partial charge in [-0.05, 0) is 30.7 Å². The highest BCUT2D eigenvalue weighted by molar-refractivity contribution is 5.44. The molecule has 19 heavy (non-hydrogen) atoms. The summed E-state index contributed by atoms with van der Waals surface area (Å²) in [5.41, 5.74) is 1.20. The first-order chi connectivity index (χ1) is 9.38. The first-order valence-electron chi connectivity index (χ1n) is 7.10. The van der Waals surface area contributed by atoms with E-state index >= 15 is 0 Å². The molecule has 1 aromatic carbocycles. The number of nitrogens with one attached hydrogen (secondary N) is 1. The highest BCUT2D eigenvalue weighted by atomic mass is 16.6. The Kier molecular flexibility index (Phi) is 3.89. The molecule has 3 rings (SSSR count). The summed E-state index contributed by atoms with van der Waals surface area (Å²) in [6.45, 7) is 6.25. The summed E-state index contributed by atoms with van der Waals surface area (Å²) in [6.07, 6.45) is 1.29. The number of benzene rings is 1. The maximum absolute atomic E-state index is 5.90. The van der Waals surface area contributed by atoms with Crippen LogP contribution in [-0.4, -0.2) is 32.9 Å². The van der Waals surface area contributed by atoms with Crippen molar-refractivity contribution in [2.45, 2.75) is 19.4 Å². The fourth-order valence-electron chi connectivity index (χ4n) is 2.78. The van der Waals surface area contributed by atoms with Crippen LogP contribution in [0.15, 0.2) is 18.2 Å². The average molecular weight is 263 g/mol. The first-order valence-corrected chi connectivity index (χ1v) is 7.10. The van der Waals surface area contributed by atoms with Crippen LogP contribution in [0.1, 0.15) is 25.0 Å². The second-order valence-electron chi connectivity index (χ2n) is 5.05. The third-order valence-corrected chi connectivity index (χ3v) is 3.77. The van der Waals surface area contributed by atoms with Crippen molar-refractivity contribution < 1.29 is 14.2 Å². The zero-order valence-electron chi connectivity index (χ0n) is 11.4. The summed E-state index contributed by atoms with van der Waals surface area (Å²) >= 11 is 0. The number of rotatable bonds is 4. The number of ether oxygens (including phenoxy) is 3. The van der Waals surface area contributed by atoms with Crippen LogP contribution in [0.25, 0.3) is 0 Å². The SMILES string of the molecule is CCNCC1CCOC1c1ccc2c(c1)OCCO2. The lowest BCUT2D eigenvalue weighted by Crippen LogP contribution is -2.24. The van der Waals surface area contributed by atoms with Gasteiger partial charge in [0.25, 0.3) is 0 Å². The van der Waals surface area contributed by atoms with Crippen molar-refractivity contribution in [3.8, 4) is 11.5 Å². The summed E-state index contributed by atoms with van der Waals surface area (Å²) < 4.78 is 17.1. The molecular formula is C15H21NO3. The van der Waals surface area contributed by atoms with E-state index in [0.29, 0.717) is 19.1 Å². The van der Waals surface area contributed by atoms with Gasteiger partial charge in [0.1, 0.15) is 13.2 Å². The first kappa shape index (κ1) is 12.8. The topological polar surface area (TPSA) is 39.7 Å². The molecule has 4 nitrogen and oxygen atoms in total. The summed E-state index contributed by atoms with van der Waals surface area (Å²) in [7, 11) is 0. The van der Waals surface area contributed by atoms with Crippen LogP contribution in [-0.2, 0) is 4.74 Å². The van der Waals surface area contributed by atoms with Gasteiger partial charge in [0.15, 0.2) is 11.5 Å². The van der Waals surface area contributed by atoms with Crippen LogP contribution < -0.4 is 14.8 Å². The predicted molar refractivity (Wildman–Crippen MR) is 72.8 cm³/mol. The Morgan fingerprint density at radius 3 is 2.84 bits per heavy atom. The normalized spacial score (nSPS) is 25.5. The Bertz CT molecular complexity index is 435. The van der Waals surface area contributed by atoms with E-state index in [1.807, 2.05) is 6.07 Å². The van der Waals surface area contributed by atoms with Gasteiger partial charge < -0.3 is 19.5 Å². The summed E-state index contributed by atoms with van der Waals surface area (Å²) in [5, 5.41) is 3.42. The summed E-state index contributed by atoms with van der Waals surface area (Å²) in [4.78, 5) is 0. The van der Waals surface area contributed by atoms with Crippen LogP contribution >= 0.6 is 0 Å². The molecule has 1 fully saturated rings. The molecule has 0 aliphatic carbocycles. The van der Waals surface area contributed by atoms with Crippen LogP contribution in [0.4, 0.5) is 0 Å². The molecule has 0 aromatic heterocycles. The molecule has 2 heterocycles. The molecule has 2 unspecified atom stereocenters. The van der Waals surface area contributed by atoms with Gasteiger partial charge in [-0.2, -0.15) is 0 Å². The lowest BCUT2D eigenvalue weighted by molar-refractivity contribution is 0.0898. The van der Waals surface area contributed by atoms with Gasteiger partial charge in [0.05, 0.1) is 6.10 Å². The minimum absolute atomic E-state index is 0.176. The zero-order valence-corrected chi connectivity index (χ0v) is 11.4. The Morgan fingerprint density at radius 2 is 2.00 bits per heavy atom. The largest absolute Gasteiger partial charge is 0.486 e. The summed E-state index contributed by atoms with van der Waals surface area (Å²) in [6, 6.07) is 6.17. The smallest absolute Gasteiger partial charge is 0.161 e. The Morgan fingerprint density at radius 1 is 1.16 bits per heavy atom. The van der Waals surface area contributed by atoms with Crippen molar-refractivity contribution in [1.82, 2.24) is 5.32 Å². The molecule has 2 atom stereocenters. The molecule has 2 aliphatic rings. The molecule has 0 bridgehead atoms. The van der Waals surface area contributed by atoms with E-state index in [1.54, 1.807) is 0 Å². The fraction of sp³-hybridized carbons (Fsp3) is 0.600. The Balaban J connectivity index is 1.77. The molecule has 4 heteroatoms. The number of hydrogen-bond acceptors (Lipinski definition) is 4. The van der Waals surface area contributed by atoms with E-state index in [0.717, 1.165) is 37.6 Å². The minimum atomic E-state index is 0.176. The van der Waals surface area contributed by atoms with E-state index in [1.165, 1.54) is 5.56 Å². The lowest BCUT2D eigenvalue weighted by Gasteiger charge is -2.23. The van der Waals surface area contributed by atoms with Crippen LogP contribution in [0.2, 0.25) is 0 Å². The van der Waals surface area contributed by atoms with Crippen molar-refractivity contribution in [2.24, 2.45) is 5.92 Å². The van der Waals surface area contributed by atoms with Crippen molar-refractivity contribution in [2.75, 3.05) is 32.9 Å². The highest BCUT2D eigenvalue weighted by Crippen LogP contribution is 2.39. The predicted octanol–water partition coefficient (Wildman–Crippen LogP) is 2.14. The van der Waals surface area contributed by atoms with Crippen molar-refractivity contribution >= 4 is 0 Å². The van der Waals surface area contributed by atoms with Crippen LogP contribution in [0.5, 0.6) is 11.5 Å². The van der Waals surface area contributed by atoms with Gasteiger partial charge in [-0.25, -0.2) is 0 Å². The van der Waals surface area contributed by atoms with Crippen LogP contribution in [0, 0.1) is 5.92 Å². The number of hydrogen-bond donors (Lipinski definition) is 1. The molecule has 1 saturated heterocycles. The second-order valence-corrected chi connectivity index (χ2v) is 5.05. The fourth-order valence-corrected chi connectivity index (χ4v) is 2.78. The average Bonchev–Trinajstić information content (AvgIpc) is 2.93. The molecule has 104 valence electrons. The third kappa shape index (κ3) is 2.69. The van der Waals surface area contributed by atoms with E-state index in [2.05, 4.69) is 24.4 Å². The van der Waals surface area contributed by atoms with Gasteiger partial charge in [0, 0.05) is 19.1 Å². The molecule has 0 amide bonds. The van der Waals surface area contributed by atoms with Crippen molar-refractivity contribution in [1.29, 1.82) is 0 Å². The Labute approximate surface area is 114 Å². The maximum atomic E-state index is 5.90. The van der Waals surface area contributed by atoms with Crippen molar-refractivity contribution in [3.05, 3.63) is 23.8 Å². The zero-order chi connectivity index (χ0) is 13.1. The molecule has 1 N–H and O–H groups in total. The molecule has 2 aliphatic heterocycles. The van der Waals surface area contributed by atoms with Crippen LogP contribution in [0.3, 0.4) is 0 Å². The summed E-state index contributed by atoms with van der Waals surface area (Å²) in [5.74, 6) is 2.24. The minimum Gasteiger partial charge on any atom is -0.486 e. The van der Waals surface area contributed by atoms with E-state index < -0.39 is 0 Å². The standard InChI is InChI=1S/C15H21NO3/c1-2-16-10-12-5-6-19-15(12)11-3-4-13-14(9-11)18-8-7-17-13/h3-4,9,12,15-16H,2,5-8,10H2,1H3. The molecule has 1 aromatic rings. The van der Waals surface area contributed by atoms with Gasteiger partial charge in [-0.15, -0.1) is 0 Å². The molecular weight excluding hydrogens is 242 g/mol. The molecule has 0 spiro atoms. The van der Waals surface area contributed by atoms with Crippen molar-refractivity contribution in [3.63, 3.8) is 0 Å². The monoisotopic (exact) mass is 263 g/mol. The third-order valence-electron chi connectivity index (χ3n) is 3.77. The second kappa shape index (κ2) is 5.80. The molecule has 0 saturated carbocycles. The van der Waals surface area contributed by atoms with Gasteiger partial charge >= 0.3 is 0 Å². The Hall–Kier alpha value is -1.26. The lowest BCUT2D eigenvalue weighted by atomic mass is 9.95. The van der Waals surface area contributed by atoms with E-state index in [9.17, 15) is 0 Å². The van der Waals surface area contributed by atoms with E-state index in [-0.39, 0.29) is 6.10 Å². The van der Waals surface area contributed by atoms with Gasteiger partial charge in [-0.1, -0.05) is 13.0 Å². The number of fused-ring (bicyclic) bond motifs is 1. The van der Waals surface area contributed by atoms with Gasteiger partial charge in [0.2, 0.25) is 0 Å². The molecule has 0 radical (unpaired) electrons. The van der Waals surface area contributed by atoms with E-state index in [4.69, 9.17) is 14.2 Å².